The van der Waals surface area contributed by atoms with Gasteiger partial charge in [-0.05, 0) is 38.0 Å². The fraction of sp³-hybridized carbons (Fsp3) is 0.467. The van der Waals surface area contributed by atoms with Crippen LogP contribution in [-0.4, -0.2) is 17.9 Å². The van der Waals surface area contributed by atoms with Crippen molar-refractivity contribution in [2.45, 2.75) is 33.2 Å². The Morgan fingerprint density at radius 1 is 1.58 bits per heavy atom. The first-order chi connectivity index (χ1) is 8.85. The van der Waals surface area contributed by atoms with Crippen LogP contribution in [0.25, 0.3) is 0 Å². The van der Waals surface area contributed by atoms with Crippen LogP contribution in [0.1, 0.15) is 38.8 Å². The Morgan fingerprint density at radius 3 is 2.68 bits per heavy atom. The lowest BCUT2D eigenvalue weighted by Crippen LogP contribution is -2.40. The van der Waals surface area contributed by atoms with Crippen molar-refractivity contribution < 1.29 is 4.79 Å². The van der Waals surface area contributed by atoms with E-state index >= 15 is 0 Å². The molecule has 19 heavy (non-hydrogen) atoms. The number of carbonyl (C=O) groups is 1. The zero-order valence-corrected chi connectivity index (χ0v) is 12.5. The average molecular weight is 279 g/mol. The van der Waals surface area contributed by atoms with Crippen LogP contribution >= 0.6 is 11.6 Å². The minimum atomic E-state index is -0.971. The highest BCUT2D eigenvalue weighted by atomic mass is 35.5. The van der Waals surface area contributed by atoms with Gasteiger partial charge in [0.25, 0.3) is 0 Å². The molecule has 0 N–H and O–H groups in total. The Bertz CT molecular complexity index is 509. The molecular formula is C15H19ClN2O. The lowest BCUT2D eigenvalue weighted by Gasteiger charge is -2.31. The molecule has 0 aliphatic heterocycles. The molecule has 1 amide bonds. The van der Waals surface area contributed by atoms with E-state index in [0.717, 1.165) is 5.56 Å². The third kappa shape index (κ3) is 3.27. The second-order valence-electron chi connectivity index (χ2n) is 4.94. The molecule has 2 atom stereocenters. The number of hydrogen-bond acceptors (Lipinski definition) is 2. The molecule has 0 saturated carbocycles. The SMILES string of the molecule is CCC(C)(C#N)C(=O)N(C)C(C)c1cccc(Cl)c1. The van der Waals surface area contributed by atoms with E-state index in [1.165, 1.54) is 0 Å². The normalized spacial score (nSPS) is 15.2. The van der Waals surface area contributed by atoms with E-state index in [-0.39, 0.29) is 11.9 Å². The van der Waals surface area contributed by atoms with Crippen molar-refractivity contribution in [2.24, 2.45) is 5.41 Å². The van der Waals surface area contributed by atoms with Crippen LogP contribution in [0.4, 0.5) is 0 Å². The molecule has 0 aliphatic rings. The highest BCUT2D eigenvalue weighted by molar-refractivity contribution is 6.30. The Kier molecular flexibility index (Phi) is 4.97. The molecule has 102 valence electrons. The highest BCUT2D eigenvalue weighted by Crippen LogP contribution is 2.28. The summed E-state index contributed by atoms with van der Waals surface area (Å²) in [5.74, 6) is -0.162. The van der Waals surface area contributed by atoms with Crippen LogP contribution in [0, 0.1) is 16.7 Å². The maximum absolute atomic E-state index is 12.4. The van der Waals surface area contributed by atoms with Gasteiger partial charge in [-0.15, -0.1) is 0 Å². The summed E-state index contributed by atoms with van der Waals surface area (Å²) in [4.78, 5) is 14.0. The van der Waals surface area contributed by atoms with E-state index in [1.54, 1.807) is 24.9 Å². The Labute approximate surface area is 119 Å². The number of hydrogen-bond donors (Lipinski definition) is 0. The van der Waals surface area contributed by atoms with E-state index < -0.39 is 5.41 Å². The summed E-state index contributed by atoms with van der Waals surface area (Å²) in [6.07, 6.45) is 0.495. The lowest BCUT2D eigenvalue weighted by atomic mass is 9.87. The number of nitriles is 1. The van der Waals surface area contributed by atoms with Crippen LogP contribution in [0.3, 0.4) is 0 Å². The molecule has 0 fully saturated rings. The monoisotopic (exact) mass is 278 g/mol. The Balaban J connectivity index is 2.98. The first kappa shape index (κ1) is 15.5. The van der Waals surface area contributed by atoms with Crippen molar-refractivity contribution in [3.8, 4) is 6.07 Å². The maximum atomic E-state index is 12.4. The van der Waals surface area contributed by atoms with E-state index in [4.69, 9.17) is 11.6 Å². The summed E-state index contributed by atoms with van der Waals surface area (Å²) >= 11 is 5.96. The second kappa shape index (κ2) is 6.08. The van der Waals surface area contributed by atoms with Crippen LogP contribution in [0.2, 0.25) is 5.02 Å². The fourth-order valence-corrected chi connectivity index (χ4v) is 2.03. The van der Waals surface area contributed by atoms with Gasteiger partial charge in [0.2, 0.25) is 5.91 Å². The zero-order chi connectivity index (χ0) is 14.6. The number of carbonyl (C=O) groups excluding carboxylic acids is 1. The third-order valence-corrected chi connectivity index (χ3v) is 3.89. The van der Waals surface area contributed by atoms with Gasteiger partial charge in [-0.1, -0.05) is 30.7 Å². The average Bonchev–Trinajstić information content (AvgIpc) is 2.44. The maximum Gasteiger partial charge on any atom is 0.242 e. The molecule has 0 aromatic heterocycles. The number of nitrogens with zero attached hydrogens (tertiary/aromatic N) is 2. The van der Waals surface area contributed by atoms with Gasteiger partial charge in [0.05, 0.1) is 12.1 Å². The van der Waals surface area contributed by atoms with Crippen LogP contribution in [-0.2, 0) is 4.79 Å². The molecule has 0 heterocycles. The molecule has 1 aromatic carbocycles. The van der Waals surface area contributed by atoms with Crippen molar-refractivity contribution in [1.29, 1.82) is 5.26 Å². The van der Waals surface area contributed by atoms with Gasteiger partial charge < -0.3 is 4.90 Å². The third-order valence-electron chi connectivity index (χ3n) is 3.66. The van der Waals surface area contributed by atoms with Gasteiger partial charge in [-0.3, -0.25) is 4.79 Å². The van der Waals surface area contributed by atoms with Crippen molar-refractivity contribution in [3.63, 3.8) is 0 Å². The van der Waals surface area contributed by atoms with Crippen LogP contribution < -0.4 is 0 Å². The predicted octanol–water partition coefficient (Wildman–Crippen LogP) is 3.80. The molecule has 0 bridgehead atoms. The summed E-state index contributed by atoms with van der Waals surface area (Å²) in [5, 5.41) is 9.82. The zero-order valence-electron chi connectivity index (χ0n) is 11.8. The van der Waals surface area contributed by atoms with E-state index in [2.05, 4.69) is 6.07 Å². The Hall–Kier alpha value is -1.53. The summed E-state index contributed by atoms with van der Waals surface area (Å²) in [6, 6.07) is 9.41. The molecule has 0 saturated heterocycles. The smallest absolute Gasteiger partial charge is 0.242 e. The molecule has 2 unspecified atom stereocenters. The summed E-state index contributed by atoms with van der Waals surface area (Å²) in [6.45, 7) is 5.45. The van der Waals surface area contributed by atoms with Crippen molar-refractivity contribution >= 4 is 17.5 Å². The molecule has 3 nitrogen and oxygen atoms in total. The number of rotatable bonds is 4. The minimum Gasteiger partial charge on any atom is -0.338 e. The second-order valence-corrected chi connectivity index (χ2v) is 5.38. The van der Waals surface area contributed by atoms with Crippen molar-refractivity contribution in [3.05, 3.63) is 34.9 Å². The largest absolute Gasteiger partial charge is 0.338 e. The van der Waals surface area contributed by atoms with Gasteiger partial charge in [0.15, 0.2) is 0 Å². The highest BCUT2D eigenvalue weighted by Gasteiger charge is 2.35. The van der Waals surface area contributed by atoms with Crippen molar-refractivity contribution in [1.82, 2.24) is 4.90 Å². The number of amides is 1. The summed E-state index contributed by atoms with van der Waals surface area (Å²) < 4.78 is 0. The first-order valence-electron chi connectivity index (χ1n) is 6.29. The van der Waals surface area contributed by atoms with Crippen LogP contribution in [0.15, 0.2) is 24.3 Å². The van der Waals surface area contributed by atoms with Gasteiger partial charge >= 0.3 is 0 Å². The molecule has 4 heteroatoms. The standard InChI is InChI=1S/C15H19ClN2O/c1-5-15(3,10-17)14(19)18(4)11(2)12-7-6-8-13(16)9-12/h6-9,11H,5H2,1-4H3. The van der Waals surface area contributed by atoms with Gasteiger partial charge in [0, 0.05) is 12.1 Å². The molecule has 0 radical (unpaired) electrons. The molecular weight excluding hydrogens is 260 g/mol. The molecule has 0 spiro atoms. The van der Waals surface area contributed by atoms with Crippen LogP contribution in [0.5, 0.6) is 0 Å². The van der Waals surface area contributed by atoms with Crippen molar-refractivity contribution in [2.75, 3.05) is 7.05 Å². The molecule has 0 aliphatic carbocycles. The molecule has 1 aromatic rings. The van der Waals surface area contributed by atoms with Gasteiger partial charge in [-0.25, -0.2) is 0 Å². The van der Waals surface area contributed by atoms with Gasteiger partial charge in [-0.2, -0.15) is 5.26 Å². The number of benzene rings is 1. The van der Waals surface area contributed by atoms with E-state index in [9.17, 15) is 10.1 Å². The number of halogens is 1. The summed E-state index contributed by atoms with van der Waals surface area (Å²) in [5.41, 5.74) is -0.0126. The predicted molar refractivity (Wildman–Crippen MR) is 76.6 cm³/mol. The Morgan fingerprint density at radius 2 is 2.21 bits per heavy atom. The lowest BCUT2D eigenvalue weighted by molar-refractivity contribution is -0.139. The van der Waals surface area contributed by atoms with E-state index in [0.29, 0.717) is 11.4 Å². The van der Waals surface area contributed by atoms with E-state index in [1.807, 2.05) is 32.0 Å². The fourth-order valence-electron chi connectivity index (χ4n) is 1.83. The first-order valence-corrected chi connectivity index (χ1v) is 6.67. The van der Waals surface area contributed by atoms with Gasteiger partial charge in [0.1, 0.15) is 5.41 Å². The quantitative estimate of drug-likeness (QED) is 0.841. The topological polar surface area (TPSA) is 44.1 Å². The minimum absolute atomic E-state index is 0.120. The summed E-state index contributed by atoms with van der Waals surface area (Å²) in [7, 11) is 1.72. The molecule has 1 rings (SSSR count).